The van der Waals surface area contributed by atoms with E-state index >= 15 is 0 Å². The molecular weight excluding hydrogens is 434 g/mol. The van der Waals surface area contributed by atoms with Crippen LogP contribution >= 0.6 is 11.3 Å². The van der Waals surface area contributed by atoms with Crippen LogP contribution in [0.1, 0.15) is 46.2 Å². The number of hydrogen-bond acceptors (Lipinski definition) is 5. The fourth-order valence-corrected chi connectivity index (χ4v) is 5.10. The summed E-state index contributed by atoms with van der Waals surface area (Å²) in [7, 11) is 1.51. The Morgan fingerprint density at radius 1 is 1.25 bits per heavy atom. The number of hydrogen-bond donors (Lipinski definition) is 0. The van der Waals surface area contributed by atoms with Crippen molar-refractivity contribution in [2.45, 2.75) is 25.3 Å². The molecule has 0 bridgehead atoms. The second kappa shape index (κ2) is 8.31. The summed E-state index contributed by atoms with van der Waals surface area (Å²) < 4.78 is 34.3. The number of carbonyl (C=O) groups excluding carboxylic acids is 1. The Hall–Kier alpha value is -3.33. The molecule has 164 valence electrons. The van der Waals surface area contributed by atoms with Crippen LogP contribution in [0.25, 0.3) is 16.9 Å². The van der Waals surface area contributed by atoms with Crippen LogP contribution in [0.3, 0.4) is 0 Å². The monoisotopic (exact) mass is 454 g/mol. The van der Waals surface area contributed by atoms with Crippen molar-refractivity contribution >= 4 is 22.9 Å². The summed E-state index contributed by atoms with van der Waals surface area (Å²) in [6, 6.07) is 12.3. The van der Waals surface area contributed by atoms with Crippen LogP contribution in [-0.4, -0.2) is 39.1 Å². The van der Waals surface area contributed by atoms with Gasteiger partial charge in [0.05, 0.1) is 25.0 Å². The van der Waals surface area contributed by atoms with Gasteiger partial charge in [0, 0.05) is 17.0 Å². The minimum atomic E-state index is -2.79. The molecule has 0 unspecified atom stereocenters. The molecule has 1 aliphatic rings. The number of halogens is 2. The minimum Gasteiger partial charge on any atom is -0.496 e. The Morgan fingerprint density at radius 2 is 2.09 bits per heavy atom. The zero-order valence-electron chi connectivity index (χ0n) is 17.2. The molecule has 9 heteroatoms. The third kappa shape index (κ3) is 3.42. The topological polar surface area (TPSA) is 59.7 Å². The molecule has 6 nitrogen and oxygen atoms in total. The molecule has 4 aromatic rings. The zero-order valence-corrected chi connectivity index (χ0v) is 18.1. The van der Waals surface area contributed by atoms with Crippen LogP contribution in [0.15, 0.2) is 54.0 Å². The minimum absolute atomic E-state index is 0.0237. The molecule has 5 rings (SSSR count). The quantitative estimate of drug-likeness (QED) is 0.406. The SMILES string of the molecule is COc1ccccc1-c1cc(C(F)F)n2ncc(C(=O)N3CCC[C@H]3c3cccs3)c2n1. The van der Waals surface area contributed by atoms with Gasteiger partial charge in [-0.15, -0.1) is 11.3 Å². The van der Waals surface area contributed by atoms with Gasteiger partial charge in [0.25, 0.3) is 12.3 Å². The number of para-hydroxylation sites is 1. The van der Waals surface area contributed by atoms with Crippen LogP contribution in [0.5, 0.6) is 5.75 Å². The highest BCUT2D eigenvalue weighted by Crippen LogP contribution is 2.37. The Kier molecular flexibility index (Phi) is 5.34. The van der Waals surface area contributed by atoms with E-state index in [1.165, 1.54) is 19.4 Å². The van der Waals surface area contributed by atoms with Gasteiger partial charge in [-0.25, -0.2) is 18.3 Å². The molecule has 1 aromatic carbocycles. The van der Waals surface area contributed by atoms with Crippen LogP contribution in [0, 0.1) is 0 Å². The molecule has 4 heterocycles. The third-order valence-corrected chi connectivity index (χ3v) is 6.70. The summed E-state index contributed by atoms with van der Waals surface area (Å²) >= 11 is 1.61. The van der Waals surface area contributed by atoms with Gasteiger partial charge in [-0.3, -0.25) is 4.79 Å². The number of amides is 1. The fourth-order valence-electron chi connectivity index (χ4n) is 4.23. The smallest absolute Gasteiger partial charge is 0.280 e. The maximum Gasteiger partial charge on any atom is 0.280 e. The summed E-state index contributed by atoms with van der Waals surface area (Å²) in [6.45, 7) is 0.604. The molecule has 0 saturated carbocycles. The summed E-state index contributed by atoms with van der Waals surface area (Å²) in [5.41, 5.74) is 0.872. The van der Waals surface area contributed by atoms with Crippen molar-refractivity contribution in [2.75, 3.05) is 13.7 Å². The predicted octanol–water partition coefficient (Wildman–Crippen LogP) is 5.38. The molecule has 1 atom stereocenters. The van der Waals surface area contributed by atoms with Gasteiger partial charge < -0.3 is 9.64 Å². The number of methoxy groups -OCH3 is 1. The number of nitrogens with zero attached hydrogens (tertiary/aromatic N) is 4. The van der Waals surface area contributed by atoms with E-state index in [0.717, 1.165) is 22.2 Å². The first-order chi connectivity index (χ1) is 15.6. The van der Waals surface area contributed by atoms with Crippen molar-refractivity contribution in [1.82, 2.24) is 19.5 Å². The van der Waals surface area contributed by atoms with E-state index < -0.39 is 6.43 Å². The molecule has 0 aliphatic carbocycles. The molecule has 32 heavy (non-hydrogen) atoms. The first-order valence-electron chi connectivity index (χ1n) is 10.2. The van der Waals surface area contributed by atoms with Crippen molar-refractivity contribution in [3.8, 4) is 17.0 Å². The number of ether oxygens (including phenoxy) is 1. The summed E-state index contributed by atoms with van der Waals surface area (Å²) in [6.07, 6.45) is 0.304. The van der Waals surface area contributed by atoms with E-state index in [0.29, 0.717) is 23.6 Å². The normalized spacial score (nSPS) is 16.2. The Balaban J connectivity index is 1.63. The number of alkyl halides is 2. The van der Waals surface area contributed by atoms with E-state index in [4.69, 9.17) is 4.74 Å². The van der Waals surface area contributed by atoms with Gasteiger partial charge in [-0.2, -0.15) is 5.10 Å². The first kappa shape index (κ1) is 20.6. The van der Waals surface area contributed by atoms with E-state index in [1.54, 1.807) is 40.5 Å². The number of likely N-dealkylation sites (tertiary alicyclic amines) is 1. The first-order valence-corrected chi connectivity index (χ1v) is 11.1. The Bertz CT molecular complexity index is 1270. The van der Waals surface area contributed by atoms with E-state index in [-0.39, 0.29) is 28.9 Å². The van der Waals surface area contributed by atoms with E-state index in [1.807, 2.05) is 17.5 Å². The average Bonchev–Trinajstić information content (AvgIpc) is 3.57. The van der Waals surface area contributed by atoms with Crippen LogP contribution in [0.2, 0.25) is 0 Å². The van der Waals surface area contributed by atoms with Crippen molar-refractivity contribution < 1.29 is 18.3 Å². The molecule has 1 aliphatic heterocycles. The highest BCUT2D eigenvalue weighted by atomic mass is 32.1. The number of fused-ring (bicyclic) bond motifs is 1. The summed E-state index contributed by atoms with van der Waals surface area (Å²) in [5, 5.41) is 6.08. The molecule has 1 saturated heterocycles. The molecule has 3 aromatic heterocycles. The molecule has 0 N–H and O–H groups in total. The van der Waals surface area contributed by atoms with Gasteiger partial charge in [-0.05, 0) is 42.5 Å². The predicted molar refractivity (Wildman–Crippen MR) is 117 cm³/mol. The van der Waals surface area contributed by atoms with Gasteiger partial charge in [0.1, 0.15) is 17.0 Å². The van der Waals surface area contributed by atoms with Crippen LogP contribution in [-0.2, 0) is 0 Å². The van der Waals surface area contributed by atoms with Gasteiger partial charge in [-0.1, -0.05) is 18.2 Å². The number of benzene rings is 1. The lowest BCUT2D eigenvalue weighted by molar-refractivity contribution is 0.0739. The van der Waals surface area contributed by atoms with Gasteiger partial charge in [0.2, 0.25) is 0 Å². The van der Waals surface area contributed by atoms with Gasteiger partial charge in [0.15, 0.2) is 5.65 Å². The van der Waals surface area contributed by atoms with Crippen molar-refractivity contribution in [1.29, 1.82) is 0 Å². The van der Waals surface area contributed by atoms with E-state index in [9.17, 15) is 13.6 Å². The third-order valence-electron chi connectivity index (χ3n) is 5.72. The van der Waals surface area contributed by atoms with E-state index in [2.05, 4.69) is 10.1 Å². The standard InChI is InChI=1S/C23H20F2N4O2S/c1-31-19-8-3-2-6-14(19)16-12-18(21(24)25)29-22(27-16)15(13-26-29)23(30)28-10-4-7-17(28)20-9-5-11-32-20/h2-3,5-6,8-9,11-13,17,21H,4,7,10H2,1H3/t17-/m0/s1. The number of carbonyl (C=O) groups is 1. The molecular formula is C23H20F2N4O2S. The number of thiophene rings is 1. The van der Waals surface area contributed by atoms with Gasteiger partial charge >= 0.3 is 0 Å². The Labute approximate surface area is 187 Å². The average molecular weight is 455 g/mol. The maximum absolute atomic E-state index is 13.9. The van der Waals surface area contributed by atoms with Crippen LogP contribution in [0.4, 0.5) is 8.78 Å². The number of rotatable bonds is 5. The summed E-state index contributed by atoms with van der Waals surface area (Å²) in [4.78, 5) is 21.0. The van der Waals surface area contributed by atoms with Crippen molar-refractivity contribution in [3.63, 3.8) is 0 Å². The second-order valence-electron chi connectivity index (χ2n) is 7.53. The maximum atomic E-state index is 13.9. The zero-order chi connectivity index (χ0) is 22.2. The van der Waals surface area contributed by atoms with Crippen molar-refractivity contribution in [2.24, 2.45) is 0 Å². The highest BCUT2D eigenvalue weighted by molar-refractivity contribution is 7.10. The number of aromatic nitrogens is 3. The largest absolute Gasteiger partial charge is 0.496 e. The molecule has 0 radical (unpaired) electrons. The second-order valence-corrected chi connectivity index (χ2v) is 8.51. The Morgan fingerprint density at radius 3 is 2.84 bits per heavy atom. The molecule has 1 fully saturated rings. The summed E-state index contributed by atoms with van der Waals surface area (Å²) in [5.74, 6) is 0.259. The molecule has 1 amide bonds. The van der Waals surface area contributed by atoms with Crippen molar-refractivity contribution in [3.05, 3.63) is 70.2 Å². The lowest BCUT2D eigenvalue weighted by Crippen LogP contribution is -2.30. The molecule has 0 spiro atoms. The van der Waals surface area contributed by atoms with Crippen LogP contribution < -0.4 is 4.74 Å². The highest BCUT2D eigenvalue weighted by Gasteiger charge is 2.33. The fraction of sp³-hybridized carbons (Fsp3) is 0.261. The lowest BCUT2D eigenvalue weighted by atomic mass is 10.1. The lowest BCUT2D eigenvalue weighted by Gasteiger charge is -2.23.